The van der Waals surface area contributed by atoms with Gasteiger partial charge in [-0.3, -0.25) is 10.1 Å². The zero-order valence-electron chi connectivity index (χ0n) is 24.9. The van der Waals surface area contributed by atoms with Gasteiger partial charge >= 0.3 is 12.1 Å². The van der Waals surface area contributed by atoms with E-state index in [1.807, 2.05) is 115 Å². The number of benzene rings is 5. The van der Waals surface area contributed by atoms with Crippen LogP contribution in [0.2, 0.25) is 0 Å². The molecule has 0 heterocycles. The first-order valence-corrected chi connectivity index (χ1v) is 15.3. The molecule has 0 bridgehead atoms. The Balaban J connectivity index is 1.13. The summed E-state index contributed by atoms with van der Waals surface area (Å²) in [6, 6.07) is 45.3. The molecule has 0 spiro atoms. The highest BCUT2D eigenvalue weighted by atomic mass is 16.5. The summed E-state index contributed by atoms with van der Waals surface area (Å²) in [5.41, 5.74) is 6.55. The molecule has 1 aliphatic carbocycles. The van der Waals surface area contributed by atoms with E-state index in [1.54, 1.807) is 0 Å². The molecule has 6 rings (SSSR count). The molecule has 0 aromatic heterocycles. The number of carbonyl (C=O) groups is 2. The number of rotatable bonds is 12. The summed E-state index contributed by atoms with van der Waals surface area (Å²) in [4.78, 5) is 25.4. The van der Waals surface area contributed by atoms with Gasteiger partial charge in [0.05, 0.1) is 5.54 Å². The lowest BCUT2D eigenvalue weighted by Crippen LogP contribution is -2.52. The van der Waals surface area contributed by atoms with Crippen molar-refractivity contribution in [2.24, 2.45) is 0 Å². The van der Waals surface area contributed by atoms with Crippen LogP contribution in [0, 0.1) is 0 Å². The lowest BCUT2D eigenvalue weighted by Gasteiger charge is -2.39. The Morgan fingerprint density at radius 1 is 0.667 bits per heavy atom. The van der Waals surface area contributed by atoms with Gasteiger partial charge < -0.3 is 15.2 Å². The summed E-state index contributed by atoms with van der Waals surface area (Å²) in [6.07, 6.45) is 0.236. The monoisotopic (exact) mass is 596 g/mol. The first-order valence-electron chi connectivity index (χ1n) is 15.3. The first kappa shape index (κ1) is 29.9. The number of ether oxygens (including phenoxy) is 1. The molecular formula is C39H36N2O4. The minimum atomic E-state index is -0.955. The van der Waals surface area contributed by atoms with Crippen molar-refractivity contribution in [3.05, 3.63) is 167 Å². The molecule has 6 nitrogen and oxygen atoms in total. The fraction of sp³-hybridized carbons (Fsp3) is 0.179. The van der Waals surface area contributed by atoms with Gasteiger partial charge in [-0.15, -0.1) is 0 Å². The van der Waals surface area contributed by atoms with E-state index in [0.717, 1.165) is 27.8 Å². The fourth-order valence-electron chi connectivity index (χ4n) is 6.48. The molecule has 3 N–H and O–H groups in total. The Kier molecular flexibility index (Phi) is 9.04. The number of carbonyl (C=O) groups excluding carboxylic acids is 1. The Labute approximate surface area is 263 Å². The average Bonchev–Trinajstić information content (AvgIpc) is 3.41. The SMILES string of the molecule is O=C(NCCC[C@H](NC(c1ccccc1)(c1ccccc1)c1ccccc1)C(=O)O)OCC1c2ccccc2-c2ccccc21. The standard InChI is InChI=1S/C39H36N2O4/c42-37(43)36(41-39(28-15-4-1-5-16-28,29-17-6-2-7-18-29)30-19-8-3-9-20-30)25-14-26-40-38(44)45-27-35-33-23-12-10-21-31(33)32-22-11-13-24-34(32)35/h1-13,15-24,35-36,41H,14,25-27H2,(H,40,44)(H,42,43)/t36-/m0/s1. The van der Waals surface area contributed by atoms with E-state index in [1.165, 1.54) is 11.1 Å². The number of carboxylic acid groups (broad SMARTS) is 1. The van der Waals surface area contributed by atoms with Gasteiger partial charge in [-0.25, -0.2) is 4.79 Å². The highest BCUT2D eigenvalue weighted by Crippen LogP contribution is 2.44. The molecule has 226 valence electrons. The average molecular weight is 597 g/mol. The van der Waals surface area contributed by atoms with Gasteiger partial charge in [0.25, 0.3) is 0 Å². The second kappa shape index (κ2) is 13.6. The second-order valence-electron chi connectivity index (χ2n) is 11.3. The molecule has 45 heavy (non-hydrogen) atoms. The minimum Gasteiger partial charge on any atom is -0.480 e. The third-order valence-electron chi connectivity index (χ3n) is 8.59. The number of hydrogen-bond donors (Lipinski definition) is 3. The molecule has 0 saturated heterocycles. The number of amides is 1. The predicted octanol–water partition coefficient (Wildman–Crippen LogP) is 7.34. The fourth-order valence-corrected chi connectivity index (χ4v) is 6.48. The maximum absolute atomic E-state index is 12.7. The third-order valence-corrected chi connectivity index (χ3v) is 8.59. The maximum Gasteiger partial charge on any atom is 0.407 e. The Morgan fingerprint density at radius 2 is 1.11 bits per heavy atom. The van der Waals surface area contributed by atoms with Crippen LogP contribution >= 0.6 is 0 Å². The van der Waals surface area contributed by atoms with E-state index in [4.69, 9.17) is 4.74 Å². The van der Waals surface area contributed by atoms with Crippen molar-refractivity contribution in [2.75, 3.05) is 13.2 Å². The molecule has 0 fully saturated rings. The number of carboxylic acids is 1. The van der Waals surface area contributed by atoms with Gasteiger partial charge in [-0.1, -0.05) is 140 Å². The molecule has 5 aromatic rings. The lowest BCUT2D eigenvalue weighted by molar-refractivity contribution is -0.140. The zero-order valence-corrected chi connectivity index (χ0v) is 24.9. The van der Waals surface area contributed by atoms with Crippen molar-refractivity contribution in [1.29, 1.82) is 0 Å². The molecule has 0 saturated carbocycles. The summed E-state index contributed by atoms with van der Waals surface area (Å²) in [7, 11) is 0. The smallest absolute Gasteiger partial charge is 0.407 e. The second-order valence-corrected chi connectivity index (χ2v) is 11.3. The van der Waals surface area contributed by atoms with Gasteiger partial charge in [0.1, 0.15) is 12.6 Å². The summed E-state index contributed by atoms with van der Waals surface area (Å²) >= 11 is 0. The van der Waals surface area contributed by atoms with Crippen molar-refractivity contribution >= 4 is 12.1 Å². The number of hydrogen-bond acceptors (Lipinski definition) is 4. The quantitative estimate of drug-likeness (QED) is 0.104. The summed E-state index contributed by atoms with van der Waals surface area (Å²) in [5, 5.41) is 16.7. The van der Waals surface area contributed by atoms with Crippen LogP contribution in [0.1, 0.15) is 46.6 Å². The van der Waals surface area contributed by atoms with Crippen molar-refractivity contribution in [3.8, 4) is 11.1 Å². The van der Waals surface area contributed by atoms with Crippen LogP contribution in [0.5, 0.6) is 0 Å². The molecule has 6 heteroatoms. The number of nitrogens with one attached hydrogen (secondary N) is 2. The van der Waals surface area contributed by atoms with E-state index in [0.29, 0.717) is 12.8 Å². The first-order chi connectivity index (χ1) is 22.1. The van der Waals surface area contributed by atoms with Gasteiger partial charge in [0.15, 0.2) is 0 Å². The zero-order chi connectivity index (χ0) is 31.1. The molecule has 5 aromatic carbocycles. The summed E-state index contributed by atoms with van der Waals surface area (Å²) in [5.74, 6) is -0.978. The van der Waals surface area contributed by atoms with Crippen LogP contribution in [0.25, 0.3) is 11.1 Å². The number of fused-ring (bicyclic) bond motifs is 3. The minimum absolute atomic E-state index is 0.0224. The number of alkyl carbamates (subject to hydrolysis) is 1. The third kappa shape index (κ3) is 6.24. The highest BCUT2D eigenvalue weighted by Gasteiger charge is 2.39. The summed E-state index contributed by atoms with van der Waals surface area (Å²) < 4.78 is 5.67. The molecule has 0 aliphatic heterocycles. The van der Waals surface area contributed by atoms with Crippen LogP contribution in [-0.2, 0) is 15.1 Å². The van der Waals surface area contributed by atoms with E-state index in [9.17, 15) is 14.7 Å². The van der Waals surface area contributed by atoms with E-state index in [-0.39, 0.29) is 19.1 Å². The van der Waals surface area contributed by atoms with E-state index < -0.39 is 23.6 Å². The molecule has 1 atom stereocenters. The molecule has 0 radical (unpaired) electrons. The molecule has 0 unspecified atom stereocenters. The highest BCUT2D eigenvalue weighted by molar-refractivity contribution is 5.79. The van der Waals surface area contributed by atoms with Gasteiger partial charge in [-0.05, 0) is 51.8 Å². The van der Waals surface area contributed by atoms with E-state index in [2.05, 4.69) is 34.9 Å². The van der Waals surface area contributed by atoms with Crippen molar-refractivity contribution in [3.63, 3.8) is 0 Å². The Morgan fingerprint density at radius 3 is 1.58 bits per heavy atom. The van der Waals surface area contributed by atoms with Crippen LogP contribution in [0.3, 0.4) is 0 Å². The maximum atomic E-state index is 12.7. The molecule has 1 amide bonds. The van der Waals surface area contributed by atoms with Crippen molar-refractivity contribution in [2.45, 2.75) is 30.3 Å². The van der Waals surface area contributed by atoms with Crippen LogP contribution in [0.15, 0.2) is 140 Å². The van der Waals surface area contributed by atoms with Gasteiger partial charge in [0.2, 0.25) is 0 Å². The topological polar surface area (TPSA) is 87.7 Å². The van der Waals surface area contributed by atoms with Crippen molar-refractivity contribution < 1.29 is 19.4 Å². The normalized spacial score (nSPS) is 13.0. The van der Waals surface area contributed by atoms with E-state index >= 15 is 0 Å². The number of aliphatic carboxylic acids is 1. The molecule has 1 aliphatic rings. The molecular weight excluding hydrogens is 560 g/mol. The summed E-state index contributed by atoms with van der Waals surface area (Å²) in [6.45, 7) is 0.518. The Bertz CT molecular complexity index is 1600. The largest absolute Gasteiger partial charge is 0.480 e. The van der Waals surface area contributed by atoms with Crippen LogP contribution in [0.4, 0.5) is 4.79 Å². The van der Waals surface area contributed by atoms with Gasteiger partial charge in [-0.2, -0.15) is 0 Å². The van der Waals surface area contributed by atoms with Crippen molar-refractivity contribution in [1.82, 2.24) is 10.6 Å². The predicted molar refractivity (Wildman–Crippen MR) is 176 cm³/mol. The van der Waals surface area contributed by atoms with Crippen LogP contribution < -0.4 is 10.6 Å². The Hall–Kier alpha value is -5.20. The van der Waals surface area contributed by atoms with Gasteiger partial charge in [0, 0.05) is 12.5 Å². The lowest BCUT2D eigenvalue weighted by atomic mass is 9.76. The van der Waals surface area contributed by atoms with Crippen LogP contribution in [-0.4, -0.2) is 36.4 Å².